The second kappa shape index (κ2) is 5.51. The van der Waals surface area contributed by atoms with Crippen LogP contribution in [0.2, 0.25) is 0 Å². The van der Waals surface area contributed by atoms with E-state index in [4.69, 9.17) is 0 Å². The van der Waals surface area contributed by atoms with Crippen LogP contribution in [0.1, 0.15) is 17.8 Å². The van der Waals surface area contributed by atoms with Crippen LogP contribution in [-0.4, -0.2) is 25.7 Å². The van der Waals surface area contributed by atoms with E-state index >= 15 is 0 Å². The fourth-order valence-electron chi connectivity index (χ4n) is 2.39. The maximum atomic E-state index is 12.0. The van der Waals surface area contributed by atoms with Gasteiger partial charge in [0.2, 0.25) is 5.91 Å². The molecule has 0 bridgehead atoms. The molecule has 22 heavy (non-hydrogen) atoms. The van der Waals surface area contributed by atoms with Crippen LogP contribution in [-0.2, 0) is 11.3 Å². The number of hydrogen-bond donors (Lipinski definition) is 3. The van der Waals surface area contributed by atoms with Crippen molar-refractivity contribution in [2.45, 2.75) is 26.8 Å². The Hall–Kier alpha value is -2.83. The lowest BCUT2D eigenvalue weighted by atomic mass is 10.2. The van der Waals surface area contributed by atoms with Crippen LogP contribution < -0.4 is 11.0 Å². The molecule has 7 heteroatoms. The number of aromatic amines is 2. The number of carbonyl (C=O) groups excluding carboxylic acids is 1. The Balaban J connectivity index is 1.66. The van der Waals surface area contributed by atoms with Gasteiger partial charge in [-0.25, -0.2) is 4.79 Å². The van der Waals surface area contributed by atoms with E-state index in [0.717, 1.165) is 22.3 Å². The summed E-state index contributed by atoms with van der Waals surface area (Å²) in [6.45, 7) is 4.05. The van der Waals surface area contributed by atoms with E-state index in [9.17, 15) is 9.59 Å². The molecule has 0 aliphatic rings. The highest BCUT2D eigenvalue weighted by Crippen LogP contribution is 2.16. The van der Waals surface area contributed by atoms with Crippen molar-refractivity contribution in [3.8, 4) is 0 Å². The predicted octanol–water partition coefficient (Wildman–Crippen LogP) is 1.70. The normalized spacial score (nSPS) is 11.0. The maximum Gasteiger partial charge on any atom is 0.325 e. The van der Waals surface area contributed by atoms with E-state index in [-0.39, 0.29) is 18.0 Å². The fourth-order valence-corrected chi connectivity index (χ4v) is 2.39. The number of H-pyrrole nitrogens is 2. The summed E-state index contributed by atoms with van der Waals surface area (Å²) >= 11 is 0. The van der Waals surface area contributed by atoms with E-state index in [1.54, 1.807) is 10.8 Å². The van der Waals surface area contributed by atoms with Crippen LogP contribution in [0.4, 0.5) is 5.69 Å². The minimum atomic E-state index is -0.179. The van der Waals surface area contributed by atoms with Crippen LogP contribution in [0, 0.1) is 13.8 Å². The first-order chi connectivity index (χ1) is 10.5. The molecule has 0 aliphatic carbocycles. The Morgan fingerprint density at radius 2 is 2.18 bits per heavy atom. The molecule has 0 aliphatic heterocycles. The highest BCUT2D eigenvalue weighted by molar-refractivity contribution is 5.93. The number of fused-ring (bicyclic) bond motifs is 1. The van der Waals surface area contributed by atoms with Gasteiger partial charge in [0.1, 0.15) is 0 Å². The molecular weight excluding hydrogens is 282 g/mol. The number of nitrogens with zero attached hydrogens (tertiary/aromatic N) is 2. The molecule has 3 N–H and O–H groups in total. The second-order valence-corrected chi connectivity index (χ2v) is 5.26. The zero-order valence-electron chi connectivity index (χ0n) is 12.4. The summed E-state index contributed by atoms with van der Waals surface area (Å²) in [5, 5.41) is 10.6. The quantitative estimate of drug-likeness (QED) is 0.684. The summed E-state index contributed by atoms with van der Waals surface area (Å²) in [4.78, 5) is 26.5. The average molecular weight is 299 g/mol. The maximum absolute atomic E-state index is 12.0. The van der Waals surface area contributed by atoms with Gasteiger partial charge >= 0.3 is 5.69 Å². The number of imidazole rings is 1. The second-order valence-electron chi connectivity index (χ2n) is 5.26. The van der Waals surface area contributed by atoms with Gasteiger partial charge in [-0.1, -0.05) is 0 Å². The van der Waals surface area contributed by atoms with Gasteiger partial charge in [-0.15, -0.1) is 0 Å². The molecule has 1 aromatic carbocycles. The van der Waals surface area contributed by atoms with Crippen molar-refractivity contribution >= 4 is 22.5 Å². The van der Waals surface area contributed by atoms with Crippen LogP contribution >= 0.6 is 0 Å². The molecule has 3 rings (SSSR count). The van der Waals surface area contributed by atoms with Gasteiger partial charge in [0.05, 0.1) is 11.7 Å². The molecule has 114 valence electrons. The van der Waals surface area contributed by atoms with Crippen LogP contribution in [0.25, 0.3) is 10.9 Å². The number of aromatic nitrogens is 4. The molecule has 0 fully saturated rings. The Morgan fingerprint density at radius 3 is 2.91 bits per heavy atom. The first-order valence-corrected chi connectivity index (χ1v) is 7.03. The molecule has 0 radical (unpaired) electrons. The van der Waals surface area contributed by atoms with E-state index in [1.807, 2.05) is 32.0 Å². The number of carbonyl (C=O) groups is 1. The van der Waals surface area contributed by atoms with E-state index in [0.29, 0.717) is 12.2 Å². The van der Waals surface area contributed by atoms with Crippen molar-refractivity contribution in [3.63, 3.8) is 0 Å². The standard InChI is InChI=1S/C15H17N5O2/c1-9-10(2)20(15(22)17-9)6-5-14(21)18-12-4-3-11-8-16-19-13(11)7-12/h3-4,7-8H,5-6H2,1-2H3,(H,16,19)(H,17,22)(H,18,21). The number of amides is 1. The molecular formula is C15H17N5O2. The van der Waals surface area contributed by atoms with Gasteiger partial charge in [-0.05, 0) is 32.0 Å². The van der Waals surface area contributed by atoms with E-state index in [1.165, 1.54) is 0 Å². The molecule has 7 nitrogen and oxygen atoms in total. The lowest BCUT2D eigenvalue weighted by molar-refractivity contribution is -0.116. The molecule has 1 amide bonds. The van der Waals surface area contributed by atoms with Gasteiger partial charge in [0, 0.05) is 35.4 Å². The fraction of sp³-hybridized carbons (Fsp3) is 0.267. The molecule has 3 aromatic rings. The smallest absolute Gasteiger partial charge is 0.325 e. The van der Waals surface area contributed by atoms with Gasteiger partial charge in [0.25, 0.3) is 0 Å². The minimum Gasteiger partial charge on any atom is -0.326 e. The topological polar surface area (TPSA) is 95.6 Å². The van der Waals surface area contributed by atoms with Crippen molar-refractivity contribution < 1.29 is 4.79 Å². The summed E-state index contributed by atoms with van der Waals surface area (Å²) in [5.41, 5.74) is 3.08. The summed E-state index contributed by atoms with van der Waals surface area (Å²) in [6, 6.07) is 5.55. The first kappa shape index (κ1) is 14.1. The molecule has 0 spiro atoms. The first-order valence-electron chi connectivity index (χ1n) is 7.03. The van der Waals surface area contributed by atoms with Crippen molar-refractivity contribution in [1.82, 2.24) is 19.7 Å². The van der Waals surface area contributed by atoms with Gasteiger partial charge in [-0.2, -0.15) is 5.10 Å². The Bertz CT molecular complexity index is 887. The Morgan fingerprint density at radius 1 is 1.36 bits per heavy atom. The molecule has 2 heterocycles. The van der Waals surface area contributed by atoms with Crippen LogP contribution in [0.15, 0.2) is 29.2 Å². The molecule has 0 saturated heterocycles. The molecule has 0 saturated carbocycles. The number of aryl methyl sites for hydroxylation is 1. The summed E-state index contributed by atoms with van der Waals surface area (Å²) in [6.07, 6.45) is 1.96. The highest BCUT2D eigenvalue weighted by Gasteiger charge is 2.09. The summed E-state index contributed by atoms with van der Waals surface area (Å²) in [5.74, 6) is -0.135. The summed E-state index contributed by atoms with van der Waals surface area (Å²) < 4.78 is 1.58. The lowest BCUT2D eigenvalue weighted by Crippen LogP contribution is -2.22. The monoisotopic (exact) mass is 299 g/mol. The Kier molecular flexibility index (Phi) is 3.54. The predicted molar refractivity (Wildman–Crippen MR) is 83.9 cm³/mol. The van der Waals surface area contributed by atoms with Crippen LogP contribution in [0.5, 0.6) is 0 Å². The zero-order valence-corrected chi connectivity index (χ0v) is 12.4. The van der Waals surface area contributed by atoms with Crippen molar-refractivity contribution in [2.75, 3.05) is 5.32 Å². The minimum absolute atomic E-state index is 0.135. The molecule has 0 unspecified atom stereocenters. The van der Waals surface area contributed by atoms with E-state index in [2.05, 4.69) is 20.5 Å². The zero-order chi connectivity index (χ0) is 15.7. The van der Waals surface area contributed by atoms with Crippen molar-refractivity contribution in [2.24, 2.45) is 0 Å². The van der Waals surface area contributed by atoms with Gasteiger partial charge in [-0.3, -0.25) is 14.5 Å². The number of hydrogen-bond acceptors (Lipinski definition) is 3. The lowest BCUT2D eigenvalue weighted by Gasteiger charge is -2.07. The Labute approximate surface area is 126 Å². The SMILES string of the molecule is Cc1[nH]c(=O)n(CCC(=O)Nc2ccc3cn[nH]c3c2)c1C. The molecule has 0 atom stereocenters. The van der Waals surface area contributed by atoms with E-state index < -0.39 is 0 Å². The molecule has 2 aromatic heterocycles. The third-order valence-corrected chi connectivity index (χ3v) is 3.78. The highest BCUT2D eigenvalue weighted by atomic mass is 16.2. The van der Waals surface area contributed by atoms with Gasteiger partial charge in [0.15, 0.2) is 0 Å². The number of benzene rings is 1. The largest absolute Gasteiger partial charge is 0.326 e. The number of nitrogens with one attached hydrogen (secondary N) is 3. The van der Waals surface area contributed by atoms with Crippen molar-refractivity contribution in [1.29, 1.82) is 0 Å². The van der Waals surface area contributed by atoms with Crippen molar-refractivity contribution in [3.05, 3.63) is 46.3 Å². The third-order valence-electron chi connectivity index (χ3n) is 3.78. The number of anilines is 1. The van der Waals surface area contributed by atoms with Gasteiger partial charge < -0.3 is 10.3 Å². The summed E-state index contributed by atoms with van der Waals surface area (Å²) in [7, 11) is 0. The number of rotatable bonds is 4. The third kappa shape index (κ3) is 2.65. The average Bonchev–Trinajstić information content (AvgIpc) is 3.02. The van der Waals surface area contributed by atoms with Crippen LogP contribution in [0.3, 0.4) is 0 Å².